The van der Waals surface area contributed by atoms with Gasteiger partial charge < -0.3 is 5.32 Å². The van der Waals surface area contributed by atoms with Crippen LogP contribution < -0.4 is 5.32 Å². The van der Waals surface area contributed by atoms with E-state index in [2.05, 4.69) is 10.4 Å². The van der Waals surface area contributed by atoms with Crippen molar-refractivity contribution in [3.63, 3.8) is 0 Å². The lowest BCUT2D eigenvalue weighted by molar-refractivity contribution is -0.126. The standard InChI is InChI=1S/C18H23FN4O3S/c1-13-15(11-21-22(13)2)10-20-18(24)14-4-3-9-23(12-14)27(25,26)17-7-5-16(19)6-8-17/h5-8,11,14H,3-4,9-10,12H2,1-2H3,(H,20,24). The monoisotopic (exact) mass is 394 g/mol. The molecule has 9 heteroatoms. The summed E-state index contributed by atoms with van der Waals surface area (Å²) in [5.74, 6) is -1.07. The van der Waals surface area contributed by atoms with E-state index < -0.39 is 21.8 Å². The highest BCUT2D eigenvalue weighted by atomic mass is 32.2. The molecule has 0 spiro atoms. The second kappa shape index (κ2) is 7.77. The first-order chi connectivity index (χ1) is 12.8. The maximum atomic E-state index is 13.1. The summed E-state index contributed by atoms with van der Waals surface area (Å²) >= 11 is 0. The van der Waals surface area contributed by atoms with Gasteiger partial charge in [-0.25, -0.2) is 12.8 Å². The molecule has 1 atom stereocenters. The fraction of sp³-hybridized carbons (Fsp3) is 0.444. The number of aromatic nitrogens is 2. The van der Waals surface area contributed by atoms with E-state index in [1.165, 1.54) is 16.4 Å². The molecule has 1 aliphatic heterocycles. The summed E-state index contributed by atoms with van der Waals surface area (Å²) in [7, 11) is -1.91. The molecule has 3 rings (SSSR count). The Morgan fingerprint density at radius 3 is 2.67 bits per heavy atom. The molecule has 1 amide bonds. The SMILES string of the molecule is Cc1c(CNC(=O)C2CCCN(S(=O)(=O)c3ccc(F)cc3)C2)cnn1C. The van der Waals surface area contributed by atoms with Crippen LogP contribution in [0.4, 0.5) is 4.39 Å². The molecular weight excluding hydrogens is 371 g/mol. The molecule has 146 valence electrons. The maximum Gasteiger partial charge on any atom is 0.243 e. The van der Waals surface area contributed by atoms with Crippen LogP contribution in [0.15, 0.2) is 35.4 Å². The molecule has 1 aliphatic rings. The highest BCUT2D eigenvalue weighted by molar-refractivity contribution is 7.89. The van der Waals surface area contributed by atoms with Crippen LogP contribution in [-0.2, 0) is 28.4 Å². The van der Waals surface area contributed by atoms with Crippen LogP contribution in [0.3, 0.4) is 0 Å². The number of carbonyl (C=O) groups is 1. The predicted octanol–water partition coefficient (Wildman–Crippen LogP) is 1.58. The van der Waals surface area contributed by atoms with E-state index in [-0.39, 0.29) is 17.3 Å². The van der Waals surface area contributed by atoms with E-state index >= 15 is 0 Å². The van der Waals surface area contributed by atoms with Crippen LogP contribution in [0.5, 0.6) is 0 Å². The molecule has 1 unspecified atom stereocenters. The summed E-state index contributed by atoms with van der Waals surface area (Å²) in [6.07, 6.45) is 2.94. The van der Waals surface area contributed by atoms with Crippen LogP contribution in [0, 0.1) is 18.7 Å². The van der Waals surface area contributed by atoms with Gasteiger partial charge >= 0.3 is 0 Å². The normalized spacial score (nSPS) is 18.4. The minimum atomic E-state index is -3.74. The van der Waals surface area contributed by atoms with Gasteiger partial charge in [0, 0.05) is 37.9 Å². The first kappa shape index (κ1) is 19.5. The topological polar surface area (TPSA) is 84.3 Å². The van der Waals surface area contributed by atoms with Crippen LogP contribution in [0.1, 0.15) is 24.1 Å². The van der Waals surface area contributed by atoms with Crippen LogP contribution >= 0.6 is 0 Å². The highest BCUT2D eigenvalue weighted by Crippen LogP contribution is 2.24. The molecule has 0 radical (unpaired) electrons. The number of rotatable bonds is 5. The van der Waals surface area contributed by atoms with E-state index in [0.717, 1.165) is 23.4 Å². The van der Waals surface area contributed by atoms with E-state index in [9.17, 15) is 17.6 Å². The van der Waals surface area contributed by atoms with Gasteiger partial charge in [-0.15, -0.1) is 0 Å². The van der Waals surface area contributed by atoms with Crippen molar-refractivity contribution in [3.8, 4) is 0 Å². The molecular formula is C18H23FN4O3S. The Balaban J connectivity index is 1.65. The van der Waals surface area contributed by atoms with Gasteiger partial charge in [-0.2, -0.15) is 9.40 Å². The predicted molar refractivity (Wildman–Crippen MR) is 97.7 cm³/mol. The molecule has 7 nitrogen and oxygen atoms in total. The molecule has 27 heavy (non-hydrogen) atoms. The molecule has 1 aromatic carbocycles. The second-order valence-corrected chi connectivity index (χ2v) is 8.69. The Morgan fingerprint density at radius 2 is 2.04 bits per heavy atom. The third-order valence-corrected chi connectivity index (χ3v) is 6.88. The Kier molecular flexibility index (Phi) is 5.61. The van der Waals surface area contributed by atoms with E-state index in [0.29, 0.717) is 25.9 Å². The van der Waals surface area contributed by atoms with Crippen molar-refractivity contribution in [2.45, 2.75) is 31.2 Å². The molecule has 0 saturated carbocycles. The van der Waals surface area contributed by atoms with Crippen molar-refractivity contribution in [1.29, 1.82) is 0 Å². The van der Waals surface area contributed by atoms with Gasteiger partial charge in [-0.1, -0.05) is 0 Å². The first-order valence-corrected chi connectivity index (χ1v) is 10.2. The van der Waals surface area contributed by atoms with Crippen LogP contribution in [0.2, 0.25) is 0 Å². The summed E-state index contributed by atoms with van der Waals surface area (Å²) in [6.45, 7) is 2.76. The van der Waals surface area contributed by atoms with Gasteiger partial charge in [0.2, 0.25) is 15.9 Å². The van der Waals surface area contributed by atoms with Crippen molar-refractivity contribution in [2.24, 2.45) is 13.0 Å². The summed E-state index contributed by atoms with van der Waals surface area (Å²) < 4.78 is 41.6. The minimum Gasteiger partial charge on any atom is -0.352 e. The maximum absolute atomic E-state index is 13.1. The van der Waals surface area contributed by atoms with Gasteiger partial charge in [0.25, 0.3) is 0 Å². The average molecular weight is 394 g/mol. The van der Waals surface area contributed by atoms with Gasteiger partial charge in [0.05, 0.1) is 17.0 Å². The molecule has 0 aliphatic carbocycles. The number of amides is 1. The molecule has 0 bridgehead atoms. The van der Waals surface area contributed by atoms with Crippen molar-refractivity contribution in [2.75, 3.05) is 13.1 Å². The smallest absolute Gasteiger partial charge is 0.243 e. The largest absolute Gasteiger partial charge is 0.352 e. The van der Waals surface area contributed by atoms with E-state index in [1.807, 2.05) is 14.0 Å². The lowest BCUT2D eigenvalue weighted by Gasteiger charge is -2.31. The number of benzene rings is 1. The van der Waals surface area contributed by atoms with Crippen molar-refractivity contribution in [1.82, 2.24) is 19.4 Å². The third kappa shape index (κ3) is 4.19. The molecule has 1 saturated heterocycles. The number of carbonyl (C=O) groups excluding carboxylic acids is 1. The van der Waals surface area contributed by atoms with Gasteiger partial charge in [-0.05, 0) is 44.0 Å². The zero-order valence-corrected chi connectivity index (χ0v) is 16.2. The zero-order valence-electron chi connectivity index (χ0n) is 15.4. The molecule has 2 heterocycles. The van der Waals surface area contributed by atoms with E-state index in [4.69, 9.17) is 0 Å². The number of nitrogens with zero attached hydrogens (tertiary/aromatic N) is 3. The summed E-state index contributed by atoms with van der Waals surface area (Å²) in [4.78, 5) is 12.6. The number of aryl methyl sites for hydroxylation is 1. The molecule has 1 N–H and O–H groups in total. The fourth-order valence-electron chi connectivity index (χ4n) is 3.17. The quantitative estimate of drug-likeness (QED) is 0.835. The van der Waals surface area contributed by atoms with E-state index in [1.54, 1.807) is 10.9 Å². The summed E-state index contributed by atoms with van der Waals surface area (Å²) in [6, 6.07) is 4.74. The Bertz CT molecular complexity index is 925. The molecule has 1 aromatic heterocycles. The Hall–Kier alpha value is -2.26. The van der Waals surface area contributed by atoms with Gasteiger partial charge in [0.1, 0.15) is 5.82 Å². The number of piperidine rings is 1. The number of halogens is 1. The lowest BCUT2D eigenvalue weighted by atomic mass is 9.99. The van der Waals surface area contributed by atoms with Crippen molar-refractivity contribution >= 4 is 15.9 Å². The number of hydrogen-bond acceptors (Lipinski definition) is 4. The first-order valence-electron chi connectivity index (χ1n) is 8.80. The molecule has 1 fully saturated rings. The number of hydrogen-bond donors (Lipinski definition) is 1. The van der Waals surface area contributed by atoms with Crippen LogP contribution in [0.25, 0.3) is 0 Å². The van der Waals surface area contributed by atoms with Gasteiger partial charge in [-0.3, -0.25) is 9.48 Å². The lowest BCUT2D eigenvalue weighted by Crippen LogP contribution is -2.45. The number of nitrogens with one attached hydrogen (secondary N) is 1. The summed E-state index contributed by atoms with van der Waals surface area (Å²) in [5.41, 5.74) is 1.90. The summed E-state index contributed by atoms with van der Waals surface area (Å²) in [5, 5.41) is 7.02. The van der Waals surface area contributed by atoms with Crippen LogP contribution in [-0.4, -0.2) is 41.5 Å². The Morgan fingerprint density at radius 1 is 1.33 bits per heavy atom. The highest BCUT2D eigenvalue weighted by Gasteiger charge is 2.33. The molecule has 2 aromatic rings. The third-order valence-electron chi connectivity index (χ3n) is 5.00. The average Bonchev–Trinajstić information content (AvgIpc) is 2.98. The Labute approximate surface area is 158 Å². The van der Waals surface area contributed by atoms with Gasteiger partial charge in [0.15, 0.2) is 0 Å². The fourth-order valence-corrected chi connectivity index (χ4v) is 4.70. The number of sulfonamides is 1. The van der Waals surface area contributed by atoms with Crippen molar-refractivity contribution < 1.29 is 17.6 Å². The zero-order chi connectivity index (χ0) is 19.6. The van der Waals surface area contributed by atoms with Crippen molar-refractivity contribution in [3.05, 3.63) is 47.5 Å². The second-order valence-electron chi connectivity index (χ2n) is 6.75. The minimum absolute atomic E-state index is 0.0379.